The summed E-state index contributed by atoms with van der Waals surface area (Å²) in [5.41, 5.74) is 2.80. The minimum atomic E-state index is -0.675. The topological polar surface area (TPSA) is 77.8 Å². The lowest BCUT2D eigenvalue weighted by atomic mass is 9.45. The fourth-order valence-electron chi connectivity index (χ4n) is 9.56. The lowest BCUT2D eigenvalue weighted by Crippen LogP contribution is -2.54. The van der Waals surface area contributed by atoms with Crippen LogP contribution in [0.1, 0.15) is 127 Å². The Morgan fingerprint density at radius 2 is 1.60 bits per heavy atom. The molecule has 0 spiro atoms. The monoisotopic (exact) mass is 482 g/mol. The van der Waals surface area contributed by atoms with Gasteiger partial charge in [-0.15, -0.1) is 0 Å². The normalized spacial score (nSPS) is 37.0. The molecular formula is C31H46O4. The smallest absolute Gasteiger partial charge is 0.303 e. The quantitative estimate of drug-likeness (QED) is 0.288. The number of phenols is 1. The number of unbranched alkanes of at least 4 members (excludes halogenated alkanes) is 7. The highest BCUT2D eigenvalue weighted by atomic mass is 16.4. The van der Waals surface area contributed by atoms with Gasteiger partial charge < -0.3 is 15.3 Å². The molecule has 3 fully saturated rings. The van der Waals surface area contributed by atoms with E-state index in [9.17, 15) is 15.0 Å². The fraction of sp³-hybridized carbons (Fsp3) is 0.774. The van der Waals surface area contributed by atoms with Crippen molar-refractivity contribution in [1.82, 2.24) is 0 Å². The van der Waals surface area contributed by atoms with E-state index in [-0.39, 0.29) is 5.41 Å². The van der Waals surface area contributed by atoms with Gasteiger partial charge >= 0.3 is 5.97 Å². The maximum Gasteiger partial charge on any atom is 0.303 e. The van der Waals surface area contributed by atoms with Crippen molar-refractivity contribution in [1.29, 1.82) is 0 Å². The summed E-state index contributed by atoms with van der Waals surface area (Å²) in [5.74, 6) is 1.64. The molecule has 4 aliphatic carbocycles. The number of aliphatic carboxylic acids is 1. The number of hydrogen-bond donors (Lipinski definition) is 3. The van der Waals surface area contributed by atoms with Gasteiger partial charge in [-0.3, -0.25) is 4.79 Å². The third kappa shape index (κ3) is 4.22. The number of carbonyl (C=O) groups is 1. The van der Waals surface area contributed by atoms with E-state index in [1.54, 1.807) is 0 Å². The molecule has 0 heterocycles. The first kappa shape index (κ1) is 25.1. The molecule has 4 nitrogen and oxygen atoms in total. The molecule has 3 saturated carbocycles. The van der Waals surface area contributed by atoms with Crippen LogP contribution in [0.15, 0.2) is 18.2 Å². The summed E-state index contributed by atoms with van der Waals surface area (Å²) in [6.07, 6.45) is 18.7. The minimum absolute atomic E-state index is 0.0779. The Hall–Kier alpha value is -1.55. The molecule has 2 unspecified atom stereocenters. The van der Waals surface area contributed by atoms with Crippen LogP contribution in [-0.4, -0.2) is 26.9 Å². The molecule has 0 aromatic heterocycles. The van der Waals surface area contributed by atoms with Crippen LogP contribution in [0.25, 0.3) is 0 Å². The van der Waals surface area contributed by atoms with Gasteiger partial charge in [0.25, 0.3) is 0 Å². The summed E-state index contributed by atoms with van der Waals surface area (Å²) < 4.78 is 0. The number of aromatic hydroxyl groups is 1. The Kier molecular flexibility index (Phi) is 6.98. The first-order chi connectivity index (χ1) is 16.8. The van der Waals surface area contributed by atoms with Crippen molar-refractivity contribution in [3.8, 4) is 5.75 Å². The van der Waals surface area contributed by atoms with Crippen molar-refractivity contribution in [2.24, 2.45) is 22.7 Å². The number of hydrogen-bond acceptors (Lipinski definition) is 3. The molecule has 3 N–H and O–H groups in total. The van der Waals surface area contributed by atoms with Gasteiger partial charge in [0.15, 0.2) is 0 Å². The molecule has 2 bridgehead atoms. The zero-order chi connectivity index (χ0) is 24.7. The van der Waals surface area contributed by atoms with Gasteiger partial charge in [-0.2, -0.15) is 0 Å². The van der Waals surface area contributed by atoms with Gasteiger partial charge in [-0.05, 0) is 104 Å². The highest BCUT2D eigenvalue weighted by Gasteiger charge is 2.74. The van der Waals surface area contributed by atoms with E-state index in [4.69, 9.17) is 5.11 Å². The van der Waals surface area contributed by atoms with Crippen LogP contribution in [-0.2, 0) is 11.2 Å². The standard InChI is InChI=1S/C31H46O4/c1-29-15-14-26-25-13-12-24(32)21-23(25)20-22(28(26)30(29)16-18-31(29,35)19-17-30)10-8-6-4-2-3-5-7-9-11-27(33)34/h12-13,21-22,26,28,32,35H,2-11,14-20H2,1H3,(H,33,34)/t22-,26?,28?,29+,30-,31+/m1/s1. The van der Waals surface area contributed by atoms with Crippen LogP contribution in [0.4, 0.5) is 0 Å². The first-order valence-corrected chi connectivity index (χ1v) is 14.6. The van der Waals surface area contributed by atoms with Gasteiger partial charge in [0.1, 0.15) is 5.75 Å². The van der Waals surface area contributed by atoms with Crippen molar-refractivity contribution in [2.45, 2.75) is 128 Å². The average Bonchev–Trinajstić information content (AvgIpc) is 3.20. The van der Waals surface area contributed by atoms with E-state index in [2.05, 4.69) is 13.0 Å². The Bertz CT molecular complexity index is 915. The summed E-state index contributed by atoms with van der Waals surface area (Å²) in [6, 6.07) is 6.14. The van der Waals surface area contributed by atoms with Gasteiger partial charge in [0, 0.05) is 11.8 Å². The number of carboxylic acids is 1. The SMILES string of the molecule is C[C@]12CCC3c4ccc(O)cc4C[C@@H](CCCCCCCCCCC(=O)O)C3[C@]13CC[C@]2(O)CC3. The Balaban J connectivity index is 1.22. The summed E-state index contributed by atoms with van der Waals surface area (Å²) in [6.45, 7) is 2.43. The minimum Gasteiger partial charge on any atom is -0.508 e. The number of carboxylic acid groups (broad SMARTS) is 1. The van der Waals surface area contributed by atoms with Gasteiger partial charge in [0.2, 0.25) is 0 Å². The van der Waals surface area contributed by atoms with Crippen LogP contribution >= 0.6 is 0 Å². The number of benzene rings is 1. The third-order valence-corrected chi connectivity index (χ3v) is 11.4. The number of phenolic OH excluding ortho intramolecular Hbond substituents is 1. The highest BCUT2D eigenvalue weighted by Crippen LogP contribution is 2.78. The first-order valence-electron chi connectivity index (χ1n) is 14.6. The largest absolute Gasteiger partial charge is 0.508 e. The average molecular weight is 483 g/mol. The predicted octanol–water partition coefficient (Wildman–Crippen LogP) is 7.36. The lowest BCUT2D eigenvalue weighted by molar-refractivity contribution is -0.137. The molecule has 4 atom stereocenters. The third-order valence-electron chi connectivity index (χ3n) is 11.4. The summed E-state index contributed by atoms with van der Waals surface area (Å²) in [4.78, 5) is 10.6. The fourth-order valence-corrected chi connectivity index (χ4v) is 9.56. The zero-order valence-corrected chi connectivity index (χ0v) is 21.7. The molecule has 4 heteroatoms. The Morgan fingerprint density at radius 3 is 2.29 bits per heavy atom. The summed E-state index contributed by atoms with van der Waals surface area (Å²) in [7, 11) is 0. The molecule has 1 aromatic rings. The molecule has 194 valence electrons. The van der Waals surface area contributed by atoms with Crippen molar-refractivity contribution in [3.05, 3.63) is 29.3 Å². The molecule has 1 aromatic carbocycles. The molecule has 35 heavy (non-hydrogen) atoms. The van der Waals surface area contributed by atoms with Crippen molar-refractivity contribution in [3.63, 3.8) is 0 Å². The second-order valence-electron chi connectivity index (χ2n) is 12.8. The lowest BCUT2D eigenvalue weighted by Gasteiger charge is -2.59. The molecule has 0 radical (unpaired) electrons. The van der Waals surface area contributed by atoms with Crippen LogP contribution in [0, 0.1) is 22.7 Å². The van der Waals surface area contributed by atoms with E-state index in [1.165, 1.54) is 68.9 Å². The molecule has 4 aliphatic rings. The van der Waals surface area contributed by atoms with Crippen molar-refractivity contribution in [2.75, 3.05) is 0 Å². The number of fused-ring (bicyclic) bond motifs is 3. The molecular weight excluding hydrogens is 436 g/mol. The van der Waals surface area contributed by atoms with E-state index in [0.29, 0.717) is 35.3 Å². The van der Waals surface area contributed by atoms with Crippen LogP contribution < -0.4 is 0 Å². The van der Waals surface area contributed by atoms with Gasteiger partial charge in [-0.1, -0.05) is 57.9 Å². The van der Waals surface area contributed by atoms with Crippen LogP contribution in [0.2, 0.25) is 0 Å². The van der Waals surface area contributed by atoms with Crippen LogP contribution in [0.5, 0.6) is 5.75 Å². The van der Waals surface area contributed by atoms with Crippen LogP contribution in [0.3, 0.4) is 0 Å². The summed E-state index contributed by atoms with van der Waals surface area (Å²) in [5, 5.41) is 30.6. The van der Waals surface area contributed by atoms with Gasteiger partial charge in [0.05, 0.1) is 5.60 Å². The zero-order valence-electron chi connectivity index (χ0n) is 21.7. The van der Waals surface area contributed by atoms with Crippen molar-refractivity contribution >= 4 is 5.97 Å². The van der Waals surface area contributed by atoms with E-state index in [0.717, 1.165) is 44.9 Å². The van der Waals surface area contributed by atoms with Gasteiger partial charge in [-0.25, -0.2) is 0 Å². The van der Waals surface area contributed by atoms with E-state index in [1.807, 2.05) is 12.1 Å². The molecule has 0 saturated heterocycles. The second-order valence-corrected chi connectivity index (χ2v) is 12.8. The maximum absolute atomic E-state index is 11.6. The molecule has 0 aliphatic heterocycles. The number of rotatable bonds is 11. The second kappa shape index (κ2) is 9.72. The number of aliphatic hydroxyl groups is 1. The molecule has 5 rings (SSSR count). The molecule has 0 amide bonds. The van der Waals surface area contributed by atoms with Crippen molar-refractivity contribution < 1.29 is 20.1 Å². The maximum atomic E-state index is 11.6. The Labute approximate surface area is 211 Å². The van der Waals surface area contributed by atoms with E-state index < -0.39 is 11.6 Å². The predicted molar refractivity (Wildman–Crippen MR) is 139 cm³/mol. The van der Waals surface area contributed by atoms with E-state index >= 15 is 0 Å². The Morgan fingerprint density at radius 1 is 0.943 bits per heavy atom. The summed E-state index contributed by atoms with van der Waals surface area (Å²) >= 11 is 0. The highest BCUT2D eigenvalue weighted by molar-refractivity contribution is 5.66.